The van der Waals surface area contributed by atoms with Crippen molar-refractivity contribution in [1.29, 1.82) is 0 Å². The van der Waals surface area contributed by atoms with E-state index in [-0.39, 0.29) is 0 Å². The third-order valence-corrected chi connectivity index (χ3v) is 0.622. The van der Waals surface area contributed by atoms with Crippen LogP contribution in [0.1, 0.15) is 0 Å². The maximum Gasteiger partial charge on any atom is 0.0935 e. The Morgan fingerprint density at radius 2 is 2.20 bits per heavy atom. The van der Waals surface area contributed by atoms with Gasteiger partial charge in [0, 0.05) is 7.11 Å². The van der Waals surface area contributed by atoms with E-state index in [0.29, 0.717) is 6.10 Å². The van der Waals surface area contributed by atoms with Crippen LogP contribution in [0.5, 0.6) is 0 Å². The predicted molar refractivity (Wildman–Crippen MR) is 19.9 cm³/mol. The normalized spacial score (nSPS) is 20.2. The van der Waals surface area contributed by atoms with Gasteiger partial charge in [0.15, 0.2) is 0 Å². The van der Waals surface area contributed by atoms with Crippen LogP contribution in [0.3, 0.4) is 0 Å². The molecule has 0 N–H and O–H groups in total. The molecule has 0 bridgehead atoms. The SMILES string of the molecule is COC1C=C1. The molecule has 0 spiro atoms. The summed E-state index contributed by atoms with van der Waals surface area (Å²) < 4.78 is 4.75. The molecule has 0 amide bonds. The minimum atomic E-state index is 0.384. The Morgan fingerprint density at radius 3 is 2.20 bits per heavy atom. The summed E-state index contributed by atoms with van der Waals surface area (Å²) in [4.78, 5) is 0. The Bertz CT molecular complexity index is 50.7. The van der Waals surface area contributed by atoms with Gasteiger partial charge in [0.25, 0.3) is 0 Å². The van der Waals surface area contributed by atoms with E-state index in [0.717, 1.165) is 0 Å². The lowest BCUT2D eigenvalue weighted by Gasteiger charge is -1.82. The van der Waals surface area contributed by atoms with Crippen molar-refractivity contribution in [2.24, 2.45) is 0 Å². The molecule has 0 saturated heterocycles. The smallest absolute Gasteiger partial charge is 0.0935 e. The van der Waals surface area contributed by atoms with Gasteiger partial charge in [-0.15, -0.1) is 0 Å². The molecule has 1 heteroatoms. The summed E-state index contributed by atoms with van der Waals surface area (Å²) in [5.41, 5.74) is 0. The molecule has 28 valence electrons. The lowest BCUT2D eigenvalue weighted by Crippen LogP contribution is -1.83. The Balaban J connectivity index is 2.06. The molecule has 0 aliphatic heterocycles. The first kappa shape index (κ1) is 2.91. The van der Waals surface area contributed by atoms with Crippen molar-refractivity contribution in [1.82, 2.24) is 0 Å². The van der Waals surface area contributed by atoms with E-state index in [1.807, 2.05) is 12.2 Å². The molecular weight excluding hydrogens is 64.0 g/mol. The third-order valence-electron chi connectivity index (χ3n) is 0.622. The molecule has 0 atom stereocenters. The van der Waals surface area contributed by atoms with Gasteiger partial charge in [-0.3, -0.25) is 0 Å². The number of hydrogen-bond acceptors (Lipinski definition) is 1. The fraction of sp³-hybridized carbons (Fsp3) is 0.500. The minimum Gasteiger partial charge on any atom is -0.373 e. The zero-order valence-corrected chi connectivity index (χ0v) is 3.14. The monoisotopic (exact) mass is 70.0 g/mol. The highest BCUT2D eigenvalue weighted by Crippen LogP contribution is 2.06. The average Bonchev–Trinajstić information content (AvgIpc) is 2.12. The van der Waals surface area contributed by atoms with E-state index in [1.54, 1.807) is 7.11 Å². The van der Waals surface area contributed by atoms with Crippen LogP contribution in [0.2, 0.25) is 0 Å². The number of methoxy groups -OCH3 is 1. The number of hydrogen-bond donors (Lipinski definition) is 0. The van der Waals surface area contributed by atoms with Crippen LogP contribution in [0.15, 0.2) is 12.2 Å². The summed E-state index contributed by atoms with van der Waals surface area (Å²) in [5, 5.41) is 0. The molecule has 0 aromatic carbocycles. The first-order chi connectivity index (χ1) is 2.43. The molecule has 0 aromatic rings. The van der Waals surface area contributed by atoms with Crippen molar-refractivity contribution in [2.45, 2.75) is 6.10 Å². The fourth-order valence-electron chi connectivity index (χ4n) is 0.202. The standard InChI is InChI=1S/C4H6O/c1-5-4-2-3-4/h2-4H,1H3. The Labute approximate surface area is 31.3 Å². The molecular formula is C4H6O. The van der Waals surface area contributed by atoms with Crippen LogP contribution < -0.4 is 0 Å². The average molecular weight is 70.1 g/mol. The first-order valence-corrected chi connectivity index (χ1v) is 1.64. The molecule has 0 radical (unpaired) electrons. The first-order valence-electron chi connectivity index (χ1n) is 1.64. The van der Waals surface area contributed by atoms with E-state index in [4.69, 9.17) is 4.74 Å². The zero-order chi connectivity index (χ0) is 3.70. The molecule has 0 saturated carbocycles. The van der Waals surface area contributed by atoms with Gasteiger partial charge < -0.3 is 4.74 Å². The zero-order valence-electron chi connectivity index (χ0n) is 3.14. The van der Waals surface area contributed by atoms with Crippen molar-refractivity contribution in [3.05, 3.63) is 12.2 Å². The molecule has 0 heterocycles. The second kappa shape index (κ2) is 0.830. The largest absolute Gasteiger partial charge is 0.373 e. The van der Waals surface area contributed by atoms with Crippen LogP contribution in [0.4, 0.5) is 0 Å². The highest BCUT2D eigenvalue weighted by molar-refractivity contribution is 5.15. The van der Waals surface area contributed by atoms with Crippen molar-refractivity contribution >= 4 is 0 Å². The molecule has 0 aromatic heterocycles. The van der Waals surface area contributed by atoms with Gasteiger partial charge in [-0.1, -0.05) is 12.2 Å². The van der Waals surface area contributed by atoms with Gasteiger partial charge in [0.2, 0.25) is 0 Å². The summed E-state index contributed by atoms with van der Waals surface area (Å²) >= 11 is 0. The Hall–Kier alpha value is -0.300. The topological polar surface area (TPSA) is 9.23 Å². The summed E-state index contributed by atoms with van der Waals surface area (Å²) in [6.45, 7) is 0. The number of ether oxygens (including phenoxy) is 1. The van der Waals surface area contributed by atoms with E-state index in [2.05, 4.69) is 0 Å². The summed E-state index contributed by atoms with van der Waals surface area (Å²) in [6.07, 6.45) is 4.38. The van der Waals surface area contributed by atoms with Crippen molar-refractivity contribution in [2.75, 3.05) is 7.11 Å². The minimum absolute atomic E-state index is 0.384. The van der Waals surface area contributed by atoms with Gasteiger partial charge in [-0.05, 0) is 0 Å². The van der Waals surface area contributed by atoms with E-state index in [9.17, 15) is 0 Å². The van der Waals surface area contributed by atoms with E-state index in [1.165, 1.54) is 0 Å². The summed E-state index contributed by atoms with van der Waals surface area (Å²) in [6, 6.07) is 0. The molecule has 1 rings (SSSR count). The van der Waals surface area contributed by atoms with E-state index >= 15 is 0 Å². The van der Waals surface area contributed by atoms with Crippen molar-refractivity contribution in [3.63, 3.8) is 0 Å². The van der Waals surface area contributed by atoms with Crippen LogP contribution in [-0.2, 0) is 4.74 Å². The third kappa shape index (κ3) is 0.484. The fourth-order valence-corrected chi connectivity index (χ4v) is 0.202. The lowest BCUT2D eigenvalue weighted by molar-refractivity contribution is 0.202. The Kier molecular flexibility index (Phi) is 0.484. The summed E-state index contributed by atoms with van der Waals surface area (Å²) in [7, 11) is 1.70. The predicted octanol–water partition coefficient (Wildman–Crippen LogP) is 0.571. The maximum atomic E-state index is 4.75. The van der Waals surface area contributed by atoms with Crippen LogP contribution in [0, 0.1) is 0 Å². The Morgan fingerprint density at radius 1 is 1.60 bits per heavy atom. The number of rotatable bonds is 1. The highest BCUT2D eigenvalue weighted by atomic mass is 16.5. The molecule has 0 unspecified atom stereocenters. The molecule has 5 heavy (non-hydrogen) atoms. The highest BCUT2D eigenvalue weighted by Gasteiger charge is 2.05. The van der Waals surface area contributed by atoms with Crippen LogP contribution >= 0.6 is 0 Å². The maximum absolute atomic E-state index is 4.75. The van der Waals surface area contributed by atoms with Crippen molar-refractivity contribution in [3.8, 4) is 0 Å². The van der Waals surface area contributed by atoms with Crippen LogP contribution in [-0.4, -0.2) is 13.2 Å². The molecule has 1 aliphatic carbocycles. The molecule has 0 fully saturated rings. The lowest BCUT2D eigenvalue weighted by atomic mass is 10.8. The summed E-state index contributed by atoms with van der Waals surface area (Å²) in [5.74, 6) is 0. The quantitative estimate of drug-likeness (QED) is 0.410. The van der Waals surface area contributed by atoms with Crippen molar-refractivity contribution < 1.29 is 4.74 Å². The second-order valence-corrected chi connectivity index (χ2v) is 1.09. The van der Waals surface area contributed by atoms with Gasteiger partial charge in [-0.25, -0.2) is 0 Å². The van der Waals surface area contributed by atoms with E-state index < -0.39 is 0 Å². The van der Waals surface area contributed by atoms with Gasteiger partial charge in [0.1, 0.15) is 0 Å². The van der Waals surface area contributed by atoms with Gasteiger partial charge in [-0.2, -0.15) is 0 Å². The van der Waals surface area contributed by atoms with Gasteiger partial charge >= 0.3 is 0 Å². The molecule has 1 aliphatic rings. The van der Waals surface area contributed by atoms with Crippen LogP contribution in [0.25, 0.3) is 0 Å². The van der Waals surface area contributed by atoms with Gasteiger partial charge in [0.05, 0.1) is 6.10 Å². The second-order valence-electron chi connectivity index (χ2n) is 1.09. The molecule has 1 nitrogen and oxygen atoms in total.